The molecular formula is C22H20NO+. The zero-order valence-corrected chi connectivity index (χ0v) is 13.4. The maximum absolute atomic E-state index is 10.4. The molecule has 118 valence electrons. The number of rotatable bonds is 5. The second kappa shape index (κ2) is 7.93. The van der Waals surface area contributed by atoms with Gasteiger partial charge in [-0.3, -0.25) is 0 Å². The van der Waals surface area contributed by atoms with Gasteiger partial charge in [0.2, 0.25) is 6.20 Å². The van der Waals surface area contributed by atoms with Crippen LogP contribution in [-0.2, 0) is 6.54 Å². The van der Waals surface area contributed by atoms with Gasteiger partial charge in [0.1, 0.15) is 0 Å². The largest absolute Gasteiger partial charge is 0.502 e. The van der Waals surface area contributed by atoms with Crippen LogP contribution in [0.1, 0.15) is 16.7 Å². The molecule has 3 aromatic rings. The molecule has 0 aromatic heterocycles. The normalized spacial score (nSPS) is 12.2. The van der Waals surface area contributed by atoms with Crippen molar-refractivity contribution in [3.8, 4) is 0 Å². The highest BCUT2D eigenvalue weighted by molar-refractivity contribution is 5.75. The Morgan fingerprint density at radius 3 is 1.92 bits per heavy atom. The van der Waals surface area contributed by atoms with Crippen LogP contribution in [0.2, 0.25) is 0 Å². The average molecular weight is 314 g/mol. The van der Waals surface area contributed by atoms with Crippen LogP contribution in [0.15, 0.2) is 97.2 Å². The molecule has 0 bridgehead atoms. The van der Waals surface area contributed by atoms with Crippen LogP contribution < -0.4 is 0 Å². The summed E-state index contributed by atoms with van der Waals surface area (Å²) in [5, 5.41) is 10.4. The summed E-state index contributed by atoms with van der Waals surface area (Å²) < 4.78 is 2.01. The Kier molecular flexibility index (Phi) is 5.21. The highest BCUT2D eigenvalue weighted by Crippen LogP contribution is 2.11. The van der Waals surface area contributed by atoms with E-state index in [4.69, 9.17) is 0 Å². The van der Waals surface area contributed by atoms with E-state index >= 15 is 0 Å². The van der Waals surface area contributed by atoms with Gasteiger partial charge in [0.15, 0.2) is 18.5 Å². The minimum atomic E-state index is 0.249. The van der Waals surface area contributed by atoms with Crippen molar-refractivity contribution in [2.24, 2.45) is 0 Å². The maximum Gasteiger partial charge on any atom is 0.211 e. The van der Waals surface area contributed by atoms with Crippen LogP contribution in [0.25, 0.3) is 5.76 Å². The molecule has 24 heavy (non-hydrogen) atoms. The number of hydrogen-bond acceptors (Lipinski definition) is 1. The van der Waals surface area contributed by atoms with Crippen LogP contribution in [0.3, 0.4) is 0 Å². The molecule has 2 heteroatoms. The smallest absolute Gasteiger partial charge is 0.211 e. The summed E-state index contributed by atoms with van der Waals surface area (Å²) in [7, 11) is 0. The van der Waals surface area contributed by atoms with E-state index in [0.717, 1.165) is 11.1 Å². The Labute approximate surface area is 142 Å². The lowest BCUT2D eigenvalue weighted by molar-refractivity contribution is -0.468. The molecular weight excluding hydrogens is 294 g/mol. The molecule has 0 aliphatic heterocycles. The summed E-state index contributed by atoms with van der Waals surface area (Å²) in [5.74, 6) is 0.249. The fourth-order valence-electron chi connectivity index (χ4n) is 2.49. The summed E-state index contributed by atoms with van der Waals surface area (Å²) in [6.45, 7) is 0.687. The van der Waals surface area contributed by atoms with Crippen LogP contribution >= 0.6 is 0 Å². The van der Waals surface area contributed by atoms with Crippen LogP contribution in [0.4, 0.5) is 0 Å². The third-order valence-corrected chi connectivity index (χ3v) is 3.68. The predicted octanol–water partition coefficient (Wildman–Crippen LogP) is 4.87. The minimum absolute atomic E-state index is 0.249. The first kappa shape index (κ1) is 15.8. The lowest BCUT2D eigenvalue weighted by Gasteiger charge is -2.02. The van der Waals surface area contributed by atoms with Gasteiger partial charge < -0.3 is 5.11 Å². The molecule has 0 aliphatic carbocycles. The Bertz CT molecular complexity index is 822. The molecule has 0 radical (unpaired) electrons. The van der Waals surface area contributed by atoms with Crippen LogP contribution in [-0.4, -0.2) is 15.9 Å². The quantitative estimate of drug-likeness (QED) is 0.405. The minimum Gasteiger partial charge on any atom is -0.502 e. The van der Waals surface area contributed by atoms with Crippen LogP contribution in [0, 0.1) is 0 Å². The lowest BCUT2D eigenvalue weighted by Crippen LogP contribution is -2.08. The van der Waals surface area contributed by atoms with E-state index in [-0.39, 0.29) is 5.76 Å². The van der Waals surface area contributed by atoms with Crippen molar-refractivity contribution >= 4 is 12.0 Å². The van der Waals surface area contributed by atoms with Gasteiger partial charge in [0, 0.05) is 16.7 Å². The first-order valence-corrected chi connectivity index (χ1v) is 7.97. The van der Waals surface area contributed by atoms with Crippen molar-refractivity contribution in [1.82, 2.24) is 0 Å². The molecule has 0 unspecified atom stereocenters. The number of aliphatic hydroxyl groups is 1. The third kappa shape index (κ3) is 4.43. The highest BCUT2D eigenvalue weighted by atomic mass is 16.3. The van der Waals surface area contributed by atoms with Crippen molar-refractivity contribution in [1.29, 1.82) is 0 Å². The summed E-state index contributed by atoms with van der Waals surface area (Å²) in [5.41, 5.74) is 3.07. The predicted molar refractivity (Wildman–Crippen MR) is 99.1 cm³/mol. The van der Waals surface area contributed by atoms with Gasteiger partial charge in [-0.1, -0.05) is 78.9 Å². The third-order valence-electron chi connectivity index (χ3n) is 3.68. The van der Waals surface area contributed by atoms with E-state index < -0.39 is 0 Å². The van der Waals surface area contributed by atoms with E-state index in [1.54, 1.807) is 6.20 Å². The van der Waals surface area contributed by atoms with Crippen molar-refractivity contribution in [2.45, 2.75) is 6.54 Å². The Hall–Kier alpha value is -3.13. The molecule has 3 aromatic carbocycles. The van der Waals surface area contributed by atoms with E-state index in [9.17, 15) is 5.11 Å². The van der Waals surface area contributed by atoms with Gasteiger partial charge in [-0.05, 0) is 12.1 Å². The van der Waals surface area contributed by atoms with E-state index in [2.05, 4.69) is 12.1 Å². The summed E-state index contributed by atoms with van der Waals surface area (Å²) in [6.07, 6.45) is 3.81. The Morgan fingerprint density at radius 2 is 1.29 bits per heavy atom. The molecule has 0 fully saturated rings. The second-order valence-corrected chi connectivity index (χ2v) is 5.58. The Morgan fingerprint density at radius 1 is 0.750 bits per heavy atom. The topological polar surface area (TPSA) is 23.2 Å². The van der Waals surface area contributed by atoms with Gasteiger partial charge in [0.25, 0.3) is 0 Å². The van der Waals surface area contributed by atoms with Crippen LogP contribution in [0.5, 0.6) is 0 Å². The number of aliphatic hydroxyl groups excluding tert-OH is 1. The lowest BCUT2D eigenvalue weighted by atomic mass is 10.2. The molecule has 0 spiro atoms. The van der Waals surface area contributed by atoms with E-state index in [1.807, 2.05) is 89.7 Å². The van der Waals surface area contributed by atoms with Gasteiger partial charge >= 0.3 is 0 Å². The van der Waals surface area contributed by atoms with E-state index in [0.29, 0.717) is 6.54 Å². The standard InChI is InChI=1S/C22H19NO/c24-22(21-14-8-3-9-15-21)18-23(16-19-10-4-1-5-11-19)17-20-12-6-2-7-13-20/h1-16,18H,17H2/p+1/b22-18-,23-16?. The zero-order valence-electron chi connectivity index (χ0n) is 13.4. The fourth-order valence-corrected chi connectivity index (χ4v) is 2.49. The van der Waals surface area contributed by atoms with Crippen molar-refractivity contribution in [3.63, 3.8) is 0 Å². The molecule has 0 saturated heterocycles. The summed E-state index contributed by atoms with van der Waals surface area (Å²) >= 11 is 0. The van der Waals surface area contributed by atoms with Gasteiger partial charge in [-0.15, -0.1) is 0 Å². The first-order valence-electron chi connectivity index (χ1n) is 7.97. The first-order chi connectivity index (χ1) is 11.8. The highest BCUT2D eigenvalue weighted by Gasteiger charge is 2.08. The van der Waals surface area contributed by atoms with Gasteiger partial charge in [-0.25, -0.2) is 0 Å². The monoisotopic (exact) mass is 314 g/mol. The van der Waals surface area contributed by atoms with Crippen molar-refractivity contribution in [2.75, 3.05) is 0 Å². The molecule has 0 atom stereocenters. The number of nitrogens with zero attached hydrogens (tertiary/aromatic N) is 1. The molecule has 0 saturated carbocycles. The molecule has 0 aliphatic rings. The van der Waals surface area contributed by atoms with Gasteiger partial charge in [0.05, 0.1) is 0 Å². The second-order valence-electron chi connectivity index (χ2n) is 5.58. The van der Waals surface area contributed by atoms with Crippen molar-refractivity contribution in [3.05, 3.63) is 114 Å². The fraction of sp³-hybridized carbons (Fsp3) is 0.0455. The molecule has 0 heterocycles. The molecule has 2 nitrogen and oxygen atoms in total. The SMILES string of the molecule is O/C(=C\[N+](=Cc1ccccc1)Cc1ccccc1)c1ccccc1. The maximum atomic E-state index is 10.4. The zero-order chi connectivity index (χ0) is 16.6. The summed E-state index contributed by atoms with van der Waals surface area (Å²) in [4.78, 5) is 0. The number of hydrogen-bond donors (Lipinski definition) is 1. The average Bonchev–Trinajstić information content (AvgIpc) is 2.64. The Balaban J connectivity index is 1.94. The molecule has 1 N–H and O–H groups in total. The van der Waals surface area contributed by atoms with E-state index in [1.165, 1.54) is 5.56 Å². The van der Waals surface area contributed by atoms with Gasteiger partial charge in [-0.2, -0.15) is 4.58 Å². The molecule has 0 amide bonds. The molecule has 3 rings (SSSR count). The van der Waals surface area contributed by atoms with Crippen molar-refractivity contribution < 1.29 is 9.68 Å². The number of benzene rings is 3. The summed E-state index contributed by atoms with van der Waals surface area (Å²) in [6, 6.07) is 29.9.